The van der Waals surface area contributed by atoms with Crippen molar-refractivity contribution < 1.29 is 10.4 Å². The molecule has 0 spiro atoms. The highest BCUT2D eigenvalue weighted by atomic mass is 16.4. The molecule has 0 saturated heterocycles. The predicted octanol–water partition coefficient (Wildman–Crippen LogP) is 5.53. The molecule has 0 unspecified atom stereocenters. The molecule has 2 N–H and O–H groups in total. The van der Waals surface area contributed by atoms with Gasteiger partial charge >= 0.3 is 0 Å². The Morgan fingerprint density at radius 2 is 1.39 bits per heavy atom. The first kappa shape index (κ1) is 19.2. The summed E-state index contributed by atoms with van der Waals surface area (Å²) in [5.41, 5.74) is 2.71. The molecule has 1 rings (SSSR count). The molecule has 1 aromatic rings. The van der Waals surface area contributed by atoms with Gasteiger partial charge < -0.3 is 10.4 Å². The quantitative estimate of drug-likeness (QED) is 0.244. The summed E-state index contributed by atoms with van der Waals surface area (Å²) in [6, 6.07) is 7.66. The molecule has 0 bridgehead atoms. The lowest BCUT2D eigenvalue weighted by atomic mass is 9.99. The largest absolute Gasteiger partial charge is 0.411 e. The van der Waals surface area contributed by atoms with E-state index in [-0.39, 0.29) is 0 Å². The summed E-state index contributed by atoms with van der Waals surface area (Å²) in [6.45, 7) is 4.23. The number of nitrogens with zero attached hydrogens (tertiary/aromatic N) is 2. The van der Waals surface area contributed by atoms with Gasteiger partial charge in [0.15, 0.2) is 0 Å². The lowest BCUT2D eigenvalue weighted by Gasteiger charge is -2.08. The number of benzene rings is 1. The second-order valence-electron chi connectivity index (χ2n) is 6.09. The lowest BCUT2D eigenvalue weighted by molar-refractivity contribution is 0.313. The number of oxime groups is 2. The standard InChI is InChI=1S/C19H30N2O2/c1-3-4-5-6-7-8-9-10-11-18(20-22)19(21-23)17-14-12-16(2)13-15-17/h12-15,22-23H,3-11H2,1-2H3/b20-18+,21-19+. The molecule has 128 valence electrons. The molecule has 4 nitrogen and oxygen atoms in total. The summed E-state index contributed by atoms with van der Waals surface area (Å²) >= 11 is 0. The average Bonchev–Trinajstić information content (AvgIpc) is 2.57. The minimum Gasteiger partial charge on any atom is -0.411 e. The zero-order chi connectivity index (χ0) is 16.9. The van der Waals surface area contributed by atoms with E-state index in [2.05, 4.69) is 17.2 Å². The van der Waals surface area contributed by atoms with Gasteiger partial charge in [0.05, 0.1) is 0 Å². The summed E-state index contributed by atoms with van der Waals surface area (Å²) in [7, 11) is 0. The maximum absolute atomic E-state index is 9.27. The van der Waals surface area contributed by atoms with Gasteiger partial charge in [-0.2, -0.15) is 0 Å². The highest BCUT2D eigenvalue weighted by Gasteiger charge is 2.13. The van der Waals surface area contributed by atoms with Gasteiger partial charge in [-0.1, -0.05) is 92.0 Å². The Labute approximate surface area is 139 Å². The van der Waals surface area contributed by atoms with Crippen LogP contribution in [-0.4, -0.2) is 21.8 Å². The Morgan fingerprint density at radius 1 is 0.826 bits per heavy atom. The normalized spacial score (nSPS) is 12.6. The monoisotopic (exact) mass is 318 g/mol. The molecule has 23 heavy (non-hydrogen) atoms. The van der Waals surface area contributed by atoms with Crippen LogP contribution in [-0.2, 0) is 0 Å². The minimum atomic E-state index is 0.357. The van der Waals surface area contributed by atoms with E-state index in [4.69, 9.17) is 0 Å². The fraction of sp³-hybridized carbons (Fsp3) is 0.579. The van der Waals surface area contributed by atoms with Crippen LogP contribution in [0.2, 0.25) is 0 Å². The molecule has 0 aliphatic rings. The third-order valence-corrected chi connectivity index (χ3v) is 4.09. The Kier molecular flexibility index (Phi) is 9.76. The zero-order valence-electron chi connectivity index (χ0n) is 14.5. The van der Waals surface area contributed by atoms with Crippen molar-refractivity contribution in [2.75, 3.05) is 0 Å². The smallest absolute Gasteiger partial charge is 0.134 e. The number of hydrogen-bond acceptors (Lipinski definition) is 4. The van der Waals surface area contributed by atoms with Crippen molar-refractivity contribution in [2.24, 2.45) is 10.3 Å². The summed E-state index contributed by atoms with van der Waals surface area (Å²) in [5.74, 6) is 0. The third kappa shape index (κ3) is 7.31. The van der Waals surface area contributed by atoms with Crippen LogP contribution in [0.1, 0.15) is 75.8 Å². The van der Waals surface area contributed by atoms with Crippen molar-refractivity contribution in [3.8, 4) is 0 Å². The van der Waals surface area contributed by atoms with Crippen LogP contribution in [0, 0.1) is 6.92 Å². The van der Waals surface area contributed by atoms with E-state index < -0.39 is 0 Å². The van der Waals surface area contributed by atoms with Crippen molar-refractivity contribution in [2.45, 2.75) is 71.6 Å². The van der Waals surface area contributed by atoms with Crippen LogP contribution in [0.15, 0.2) is 34.6 Å². The van der Waals surface area contributed by atoms with E-state index in [9.17, 15) is 10.4 Å². The molecular weight excluding hydrogens is 288 g/mol. The molecule has 0 amide bonds. The van der Waals surface area contributed by atoms with E-state index in [1.54, 1.807) is 0 Å². The first-order valence-corrected chi connectivity index (χ1v) is 8.73. The first-order chi connectivity index (χ1) is 11.2. The molecule has 0 aliphatic heterocycles. The van der Waals surface area contributed by atoms with Gasteiger partial charge in [0.1, 0.15) is 11.4 Å². The highest BCUT2D eigenvalue weighted by molar-refractivity contribution is 6.48. The fourth-order valence-corrected chi connectivity index (χ4v) is 2.64. The highest BCUT2D eigenvalue weighted by Crippen LogP contribution is 2.13. The Balaban J connectivity index is 2.39. The number of aryl methyl sites for hydroxylation is 1. The topological polar surface area (TPSA) is 65.2 Å². The predicted molar refractivity (Wildman–Crippen MR) is 96.0 cm³/mol. The van der Waals surface area contributed by atoms with E-state index >= 15 is 0 Å². The maximum Gasteiger partial charge on any atom is 0.134 e. The van der Waals surface area contributed by atoms with Gasteiger partial charge in [0.2, 0.25) is 0 Å². The molecule has 4 heteroatoms. The first-order valence-electron chi connectivity index (χ1n) is 8.73. The molecular formula is C19H30N2O2. The second-order valence-corrected chi connectivity index (χ2v) is 6.09. The van der Waals surface area contributed by atoms with E-state index in [0.29, 0.717) is 17.8 Å². The molecule has 1 aromatic carbocycles. The van der Waals surface area contributed by atoms with Crippen LogP contribution in [0.25, 0.3) is 0 Å². The van der Waals surface area contributed by atoms with Crippen molar-refractivity contribution in [1.82, 2.24) is 0 Å². The molecule has 0 aliphatic carbocycles. The summed E-state index contributed by atoms with van der Waals surface area (Å²) < 4.78 is 0. The number of hydrogen-bond donors (Lipinski definition) is 2. The third-order valence-electron chi connectivity index (χ3n) is 4.09. The second kappa shape index (κ2) is 11.7. The van der Waals surface area contributed by atoms with Crippen LogP contribution in [0.3, 0.4) is 0 Å². The van der Waals surface area contributed by atoms with Crippen molar-refractivity contribution in [1.29, 1.82) is 0 Å². The molecule has 0 atom stereocenters. The molecule has 0 fully saturated rings. The Hall–Kier alpha value is -1.84. The summed E-state index contributed by atoms with van der Waals surface area (Å²) in [5, 5.41) is 25.2. The van der Waals surface area contributed by atoms with Gasteiger partial charge in [-0.15, -0.1) is 0 Å². The van der Waals surface area contributed by atoms with Gasteiger partial charge in [-0.05, 0) is 19.8 Å². The van der Waals surface area contributed by atoms with Gasteiger partial charge in [0.25, 0.3) is 0 Å². The molecule has 0 saturated carbocycles. The van der Waals surface area contributed by atoms with E-state index in [1.807, 2.05) is 31.2 Å². The number of unbranched alkanes of at least 4 members (excludes halogenated alkanes) is 7. The van der Waals surface area contributed by atoms with Crippen LogP contribution >= 0.6 is 0 Å². The van der Waals surface area contributed by atoms with Crippen molar-refractivity contribution in [3.05, 3.63) is 35.4 Å². The summed E-state index contributed by atoms with van der Waals surface area (Å²) in [4.78, 5) is 0. The summed E-state index contributed by atoms with van der Waals surface area (Å²) in [6.07, 6.45) is 10.4. The maximum atomic E-state index is 9.27. The number of rotatable bonds is 11. The van der Waals surface area contributed by atoms with Gasteiger partial charge in [-0.25, -0.2) is 0 Å². The average molecular weight is 318 g/mol. The van der Waals surface area contributed by atoms with Crippen molar-refractivity contribution in [3.63, 3.8) is 0 Å². The van der Waals surface area contributed by atoms with Gasteiger partial charge in [0, 0.05) is 5.56 Å². The van der Waals surface area contributed by atoms with Crippen molar-refractivity contribution >= 4 is 11.4 Å². The lowest BCUT2D eigenvalue weighted by Crippen LogP contribution is -2.16. The van der Waals surface area contributed by atoms with Crippen LogP contribution in [0.4, 0.5) is 0 Å². The van der Waals surface area contributed by atoms with Gasteiger partial charge in [-0.3, -0.25) is 0 Å². The fourth-order valence-electron chi connectivity index (χ4n) is 2.64. The SMILES string of the molecule is CCCCCCCCCCC(=N\O)/C(=N/O)c1ccc(C)cc1. The zero-order valence-corrected chi connectivity index (χ0v) is 14.5. The van der Waals surface area contributed by atoms with E-state index in [0.717, 1.165) is 24.0 Å². The van der Waals surface area contributed by atoms with Crippen LogP contribution in [0.5, 0.6) is 0 Å². The molecule has 0 aromatic heterocycles. The Bertz CT molecular complexity index is 493. The molecule has 0 heterocycles. The van der Waals surface area contributed by atoms with Crippen LogP contribution < -0.4 is 0 Å². The molecule has 0 radical (unpaired) electrons. The Morgan fingerprint density at radius 3 is 1.91 bits per heavy atom. The minimum absolute atomic E-state index is 0.357. The van der Waals surface area contributed by atoms with E-state index in [1.165, 1.54) is 38.5 Å².